The minimum absolute atomic E-state index is 0.484. The topological polar surface area (TPSA) is 59.8 Å². The monoisotopic (exact) mass is 277 g/mol. The zero-order valence-corrected chi connectivity index (χ0v) is 12.2. The molecule has 0 saturated carbocycles. The van der Waals surface area contributed by atoms with Crippen molar-refractivity contribution >= 4 is 11.4 Å². The van der Waals surface area contributed by atoms with Gasteiger partial charge in [-0.2, -0.15) is 0 Å². The average Bonchev–Trinajstić information content (AvgIpc) is 3.05. The van der Waals surface area contributed by atoms with E-state index >= 15 is 0 Å². The molecule has 2 atom stereocenters. The minimum Gasteiger partial charge on any atom is -0.493 e. The Bertz CT molecular complexity index is 492. The Balaban J connectivity index is 1.80. The van der Waals surface area contributed by atoms with Gasteiger partial charge in [0.05, 0.1) is 25.6 Å². The molecule has 2 fully saturated rings. The molecule has 20 heavy (non-hydrogen) atoms. The summed E-state index contributed by atoms with van der Waals surface area (Å²) in [5.41, 5.74) is 7.78. The van der Waals surface area contributed by atoms with Crippen molar-refractivity contribution in [3.05, 3.63) is 12.1 Å². The molecule has 0 bridgehead atoms. The summed E-state index contributed by atoms with van der Waals surface area (Å²) in [4.78, 5) is 2.58. The van der Waals surface area contributed by atoms with E-state index in [0.717, 1.165) is 5.69 Å². The standard InChI is InChI=1S/C15H23N3O2/c1-19-14-8-10(16)12(9-15(14)20-2)17-11-5-7-18-6-3-4-13(11)18/h8-9,11,13,17H,3-7,16H2,1-2H3. The van der Waals surface area contributed by atoms with Crippen LogP contribution < -0.4 is 20.5 Å². The molecule has 3 N–H and O–H groups in total. The number of anilines is 2. The Morgan fingerprint density at radius 2 is 1.90 bits per heavy atom. The molecule has 0 aromatic heterocycles. The van der Waals surface area contributed by atoms with Gasteiger partial charge in [-0.25, -0.2) is 0 Å². The SMILES string of the molecule is COc1cc(N)c(NC2CCN3CCCC23)cc1OC. The van der Waals surface area contributed by atoms with Crippen molar-refractivity contribution in [3.63, 3.8) is 0 Å². The normalized spacial score (nSPS) is 25.5. The molecule has 1 aromatic carbocycles. The van der Waals surface area contributed by atoms with Crippen LogP contribution in [0.3, 0.4) is 0 Å². The van der Waals surface area contributed by atoms with Gasteiger partial charge < -0.3 is 20.5 Å². The summed E-state index contributed by atoms with van der Waals surface area (Å²) in [7, 11) is 3.27. The summed E-state index contributed by atoms with van der Waals surface area (Å²) in [5.74, 6) is 1.38. The average molecular weight is 277 g/mol. The van der Waals surface area contributed by atoms with Crippen LogP contribution in [0.4, 0.5) is 11.4 Å². The molecular weight excluding hydrogens is 254 g/mol. The zero-order valence-electron chi connectivity index (χ0n) is 12.2. The molecule has 3 rings (SSSR count). The number of nitrogen functional groups attached to an aromatic ring is 1. The molecule has 110 valence electrons. The third-order valence-corrected chi connectivity index (χ3v) is 4.50. The molecular formula is C15H23N3O2. The quantitative estimate of drug-likeness (QED) is 0.824. The number of nitrogens with zero attached hydrogens (tertiary/aromatic N) is 1. The van der Waals surface area contributed by atoms with Crippen molar-refractivity contribution in [3.8, 4) is 11.5 Å². The third-order valence-electron chi connectivity index (χ3n) is 4.50. The number of hydrogen-bond donors (Lipinski definition) is 2. The molecule has 2 unspecified atom stereocenters. The van der Waals surface area contributed by atoms with Crippen molar-refractivity contribution in [2.24, 2.45) is 0 Å². The van der Waals surface area contributed by atoms with Crippen LogP contribution in [0, 0.1) is 0 Å². The van der Waals surface area contributed by atoms with E-state index < -0.39 is 0 Å². The first-order valence-corrected chi connectivity index (χ1v) is 7.25. The number of fused-ring (bicyclic) bond motifs is 1. The van der Waals surface area contributed by atoms with E-state index in [2.05, 4.69) is 10.2 Å². The highest BCUT2D eigenvalue weighted by Gasteiger charge is 2.37. The fraction of sp³-hybridized carbons (Fsp3) is 0.600. The summed E-state index contributed by atoms with van der Waals surface area (Å²) in [5, 5.41) is 3.60. The number of rotatable bonds is 4. The zero-order chi connectivity index (χ0) is 14.1. The van der Waals surface area contributed by atoms with Crippen molar-refractivity contribution in [1.82, 2.24) is 4.90 Å². The van der Waals surface area contributed by atoms with Crippen molar-refractivity contribution in [2.45, 2.75) is 31.3 Å². The van der Waals surface area contributed by atoms with Crippen molar-refractivity contribution in [1.29, 1.82) is 0 Å². The maximum Gasteiger partial charge on any atom is 0.162 e. The lowest BCUT2D eigenvalue weighted by Crippen LogP contribution is -2.33. The molecule has 1 aromatic rings. The number of benzene rings is 1. The Morgan fingerprint density at radius 3 is 2.65 bits per heavy atom. The van der Waals surface area contributed by atoms with Gasteiger partial charge in [-0.05, 0) is 25.8 Å². The van der Waals surface area contributed by atoms with Gasteiger partial charge in [-0.1, -0.05) is 0 Å². The van der Waals surface area contributed by atoms with E-state index in [0.29, 0.717) is 29.3 Å². The molecule has 2 heterocycles. The van der Waals surface area contributed by atoms with E-state index in [4.69, 9.17) is 15.2 Å². The van der Waals surface area contributed by atoms with Gasteiger partial charge in [-0.15, -0.1) is 0 Å². The van der Waals surface area contributed by atoms with Gasteiger partial charge in [0, 0.05) is 30.8 Å². The second-order valence-electron chi connectivity index (χ2n) is 5.58. The summed E-state index contributed by atoms with van der Waals surface area (Å²) >= 11 is 0. The molecule has 0 aliphatic carbocycles. The van der Waals surface area contributed by atoms with E-state index in [1.165, 1.54) is 32.4 Å². The Morgan fingerprint density at radius 1 is 1.15 bits per heavy atom. The molecule has 5 nitrogen and oxygen atoms in total. The number of nitrogens with one attached hydrogen (secondary N) is 1. The third kappa shape index (κ3) is 2.26. The van der Waals surface area contributed by atoms with Crippen LogP contribution >= 0.6 is 0 Å². The fourth-order valence-corrected chi connectivity index (χ4v) is 3.47. The molecule has 0 amide bonds. The summed E-state index contributed by atoms with van der Waals surface area (Å²) in [6, 6.07) is 4.90. The van der Waals surface area contributed by atoms with Gasteiger partial charge in [0.15, 0.2) is 11.5 Å². The van der Waals surface area contributed by atoms with Gasteiger partial charge in [0.2, 0.25) is 0 Å². The predicted molar refractivity (Wildman–Crippen MR) is 80.6 cm³/mol. The van der Waals surface area contributed by atoms with Crippen LogP contribution in [0.1, 0.15) is 19.3 Å². The number of ether oxygens (including phenoxy) is 2. The molecule has 2 aliphatic heterocycles. The van der Waals surface area contributed by atoms with E-state index in [9.17, 15) is 0 Å². The summed E-state index contributed by atoms with van der Waals surface area (Å²) in [6.45, 7) is 2.43. The van der Waals surface area contributed by atoms with Gasteiger partial charge in [0.1, 0.15) is 0 Å². The molecule has 0 spiro atoms. The highest BCUT2D eigenvalue weighted by molar-refractivity contribution is 5.72. The first kappa shape index (κ1) is 13.4. The molecule has 2 saturated heterocycles. The van der Waals surface area contributed by atoms with E-state index in [1.807, 2.05) is 12.1 Å². The van der Waals surface area contributed by atoms with Gasteiger partial charge >= 0.3 is 0 Å². The van der Waals surface area contributed by atoms with Gasteiger partial charge in [-0.3, -0.25) is 4.90 Å². The van der Waals surface area contributed by atoms with E-state index in [-0.39, 0.29) is 0 Å². The van der Waals surface area contributed by atoms with Crippen LogP contribution in [0.2, 0.25) is 0 Å². The number of hydrogen-bond acceptors (Lipinski definition) is 5. The molecule has 5 heteroatoms. The number of nitrogens with two attached hydrogens (primary N) is 1. The van der Waals surface area contributed by atoms with Crippen LogP contribution in [0.5, 0.6) is 11.5 Å². The fourth-order valence-electron chi connectivity index (χ4n) is 3.47. The van der Waals surface area contributed by atoms with Gasteiger partial charge in [0.25, 0.3) is 0 Å². The number of methoxy groups -OCH3 is 2. The molecule has 2 aliphatic rings. The Hall–Kier alpha value is -1.62. The lowest BCUT2D eigenvalue weighted by Gasteiger charge is -2.23. The van der Waals surface area contributed by atoms with E-state index in [1.54, 1.807) is 14.2 Å². The van der Waals surface area contributed by atoms with Crippen LogP contribution in [-0.2, 0) is 0 Å². The lowest BCUT2D eigenvalue weighted by atomic mass is 10.1. The second kappa shape index (κ2) is 5.40. The lowest BCUT2D eigenvalue weighted by molar-refractivity contribution is 0.318. The Labute approximate surface area is 120 Å². The Kier molecular flexibility index (Phi) is 3.61. The largest absolute Gasteiger partial charge is 0.493 e. The highest BCUT2D eigenvalue weighted by Crippen LogP contribution is 2.37. The van der Waals surface area contributed by atoms with Crippen LogP contribution in [-0.4, -0.2) is 44.3 Å². The first-order valence-electron chi connectivity index (χ1n) is 7.25. The van der Waals surface area contributed by atoms with Crippen LogP contribution in [0.15, 0.2) is 12.1 Å². The highest BCUT2D eigenvalue weighted by atomic mass is 16.5. The van der Waals surface area contributed by atoms with Crippen molar-refractivity contribution in [2.75, 3.05) is 38.4 Å². The van der Waals surface area contributed by atoms with Crippen LogP contribution in [0.25, 0.3) is 0 Å². The smallest absolute Gasteiger partial charge is 0.162 e. The summed E-state index contributed by atoms with van der Waals surface area (Å²) < 4.78 is 10.6. The maximum atomic E-state index is 6.12. The first-order chi connectivity index (χ1) is 9.72. The maximum absolute atomic E-state index is 6.12. The van der Waals surface area contributed by atoms with Crippen molar-refractivity contribution < 1.29 is 9.47 Å². The predicted octanol–water partition coefficient (Wildman–Crippen LogP) is 1.93. The minimum atomic E-state index is 0.484. The molecule has 0 radical (unpaired) electrons. The summed E-state index contributed by atoms with van der Waals surface area (Å²) in [6.07, 6.45) is 3.77. The second-order valence-corrected chi connectivity index (χ2v) is 5.58.